The van der Waals surface area contributed by atoms with E-state index in [0.717, 1.165) is 99.3 Å². The normalized spacial score (nSPS) is 14.4. The maximum absolute atomic E-state index is 6.69. The van der Waals surface area contributed by atoms with Crippen LogP contribution in [0, 0.1) is 0 Å². The predicted molar refractivity (Wildman–Crippen MR) is 239 cm³/mol. The second-order valence-corrected chi connectivity index (χ2v) is 15.0. The van der Waals surface area contributed by atoms with Gasteiger partial charge in [0, 0.05) is 32.7 Å². The fourth-order valence-corrected chi connectivity index (χ4v) is 8.63. The third-order valence-corrected chi connectivity index (χ3v) is 11.5. The Kier molecular flexibility index (Phi) is 7.23. The Hall–Kier alpha value is -7.76. The molecular formula is C53H33N3O2. The minimum absolute atomic E-state index is 0.449. The van der Waals surface area contributed by atoms with Crippen LogP contribution < -0.4 is 5.32 Å². The molecule has 1 atom stereocenters. The van der Waals surface area contributed by atoms with Crippen LogP contribution in [-0.2, 0) is 0 Å². The highest BCUT2D eigenvalue weighted by Gasteiger charge is 2.27. The van der Waals surface area contributed by atoms with Gasteiger partial charge in [0.15, 0.2) is 5.84 Å². The monoisotopic (exact) mass is 743 g/mol. The van der Waals surface area contributed by atoms with Crippen molar-refractivity contribution < 1.29 is 8.83 Å². The maximum Gasteiger partial charge on any atom is 0.159 e. The summed E-state index contributed by atoms with van der Waals surface area (Å²) >= 11 is 0. The average Bonchev–Trinajstić information content (AvgIpc) is 3.85. The molecule has 2 aromatic heterocycles. The number of nitrogens with zero attached hydrogens (tertiary/aromatic N) is 2. The van der Waals surface area contributed by atoms with E-state index in [9.17, 15) is 0 Å². The molecule has 0 saturated carbocycles. The number of hydrogen-bond donors (Lipinski definition) is 1. The minimum Gasteiger partial charge on any atom is -0.456 e. The van der Waals surface area contributed by atoms with Gasteiger partial charge in [0.25, 0.3) is 0 Å². The molecule has 5 heteroatoms. The van der Waals surface area contributed by atoms with E-state index < -0.39 is 6.17 Å². The molecule has 9 aromatic carbocycles. The van der Waals surface area contributed by atoms with E-state index >= 15 is 0 Å². The third kappa shape index (κ3) is 5.32. The molecule has 1 aliphatic rings. The number of fused-ring (bicyclic) bond motifs is 8. The Balaban J connectivity index is 1.11. The number of rotatable bonds is 5. The molecule has 0 spiro atoms. The molecule has 0 bridgehead atoms. The van der Waals surface area contributed by atoms with Gasteiger partial charge in [-0.25, -0.2) is 9.98 Å². The van der Waals surface area contributed by atoms with E-state index in [1.807, 2.05) is 18.2 Å². The van der Waals surface area contributed by atoms with E-state index in [4.69, 9.17) is 18.8 Å². The number of amidine groups is 2. The van der Waals surface area contributed by atoms with Crippen molar-refractivity contribution in [2.45, 2.75) is 6.17 Å². The number of furan rings is 2. The van der Waals surface area contributed by atoms with Crippen LogP contribution in [-0.4, -0.2) is 11.7 Å². The number of para-hydroxylation sites is 1. The van der Waals surface area contributed by atoms with Crippen molar-refractivity contribution in [1.82, 2.24) is 5.32 Å². The van der Waals surface area contributed by atoms with E-state index in [0.29, 0.717) is 5.84 Å². The molecule has 1 unspecified atom stereocenters. The molecule has 0 radical (unpaired) electrons. The Morgan fingerprint density at radius 3 is 1.90 bits per heavy atom. The lowest BCUT2D eigenvalue weighted by atomic mass is 9.92. The standard InChI is InChI=1S/C53H33N3O2/c1-2-10-32(11-3-1)34-18-21-35(22-19-34)41-25-27-47-49(44-29-37-14-6-7-15-38(37)31-48(44)58-47)50(41)53-55-51(39-23-20-33-12-4-5-13-36(33)28-39)54-52(56-53)40-24-26-46-43(30-40)42-16-8-9-17-45(42)57-46/h1-31,52H,(H,54,55,56). The number of benzene rings is 9. The van der Waals surface area contributed by atoms with E-state index in [1.165, 1.54) is 10.9 Å². The summed E-state index contributed by atoms with van der Waals surface area (Å²) in [5.74, 6) is 1.38. The van der Waals surface area contributed by atoms with Crippen LogP contribution >= 0.6 is 0 Å². The van der Waals surface area contributed by atoms with Crippen molar-refractivity contribution >= 4 is 77.1 Å². The highest BCUT2D eigenvalue weighted by atomic mass is 16.3. The van der Waals surface area contributed by atoms with Crippen LogP contribution in [0.3, 0.4) is 0 Å². The Morgan fingerprint density at radius 1 is 0.414 bits per heavy atom. The van der Waals surface area contributed by atoms with Crippen molar-refractivity contribution in [3.05, 3.63) is 205 Å². The van der Waals surface area contributed by atoms with Crippen LogP contribution in [0.1, 0.15) is 22.9 Å². The lowest BCUT2D eigenvalue weighted by Gasteiger charge is -2.25. The molecular weight excluding hydrogens is 711 g/mol. The SMILES string of the molecule is c1ccc(-c2ccc(-c3ccc4oc5cc6ccccc6cc5c4c3C3=NC(c4ccc5ccccc5c4)=NC(c4ccc5oc6ccccc6c5c4)N3)cc2)cc1. The van der Waals surface area contributed by atoms with Gasteiger partial charge in [0.1, 0.15) is 34.3 Å². The molecule has 12 rings (SSSR count). The van der Waals surface area contributed by atoms with Gasteiger partial charge < -0.3 is 14.2 Å². The summed E-state index contributed by atoms with van der Waals surface area (Å²) in [6, 6.07) is 65.8. The highest BCUT2D eigenvalue weighted by molar-refractivity contribution is 6.25. The molecule has 272 valence electrons. The number of aliphatic imine (C=N–C) groups is 2. The molecule has 1 N–H and O–H groups in total. The fourth-order valence-electron chi connectivity index (χ4n) is 8.63. The second-order valence-electron chi connectivity index (χ2n) is 15.0. The lowest BCUT2D eigenvalue weighted by Crippen LogP contribution is -2.34. The highest BCUT2D eigenvalue weighted by Crippen LogP contribution is 2.41. The zero-order valence-corrected chi connectivity index (χ0v) is 31.2. The van der Waals surface area contributed by atoms with Gasteiger partial charge in [-0.15, -0.1) is 0 Å². The summed E-state index contributed by atoms with van der Waals surface area (Å²) in [4.78, 5) is 10.8. The molecule has 5 nitrogen and oxygen atoms in total. The van der Waals surface area contributed by atoms with Crippen molar-refractivity contribution in [3.8, 4) is 22.3 Å². The van der Waals surface area contributed by atoms with Gasteiger partial charge in [0.2, 0.25) is 0 Å². The number of hydrogen-bond acceptors (Lipinski definition) is 5. The lowest BCUT2D eigenvalue weighted by molar-refractivity contribution is 0.663. The maximum atomic E-state index is 6.69. The van der Waals surface area contributed by atoms with Crippen LogP contribution in [0.5, 0.6) is 0 Å². The summed E-state index contributed by atoms with van der Waals surface area (Å²) < 4.78 is 12.9. The quantitative estimate of drug-likeness (QED) is 0.191. The van der Waals surface area contributed by atoms with Crippen LogP contribution in [0.4, 0.5) is 0 Å². The average molecular weight is 744 g/mol. The largest absolute Gasteiger partial charge is 0.456 e. The third-order valence-electron chi connectivity index (χ3n) is 11.5. The molecule has 58 heavy (non-hydrogen) atoms. The molecule has 0 aliphatic carbocycles. The van der Waals surface area contributed by atoms with E-state index in [-0.39, 0.29) is 0 Å². The van der Waals surface area contributed by atoms with Gasteiger partial charge in [-0.2, -0.15) is 0 Å². The van der Waals surface area contributed by atoms with Crippen molar-refractivity contribution in [2.24, 2.45) is 9.98 Å². The van der Waals surface area contributed by atoms with Crippen molar-refractivity contribution in [3.63, 3.8) is 0 Å². The fraction of sp³-hybridized carbons (Fsp3) is 0.0189. The molecule has 3 heterocycles. The second kappa shape index (κ2) is 12.9. The molecule has 11 aromatic rings. The molecule has 0 amide bonds. The van der Waals surface area contributed by atoms with E-state index in [2.05, 4.69) is 175 Å². The Bertz CT molecular complexity index is 3480. The first kappa shape index (κ1) is 32.5. The van der Waals surface area contributed by atoms with E-state index in [1.54, 1.807) is 0 Å². The summed E-state index contributed by atoms with van der Waals surface area (Å²) in [5, 5.41) is 12.6. The Labute approximate surface area is 333 Å². The summed E-state index contributed by atoms with van der Waals surface area (Å²) in [6.45, 7) is 0. The molecule has 1 aliphatic heterocycles. The van der Waals surface area contributed by atoms with Crippen LogP contribution in [0.25, 0.3) is 87.7 Å². The van der Waals surface area contributed by atoms with Crippen molar-refractivity contribution in [1.29, 1.82) is 0 Å². The minimum atomic E-state index is -0.449. The van der Waals surface area contributed by atoms with Crippen LogP contribution in [0.15, 0.2) is 207 Å². The van der Waals surface area contributed by atoms with Crippen LogP contribution in [0.2, 0.25) is 0 Å². The molecule has 0 fully saturated rings. The summed E-state index contributed by atoms with van der Waals surface area (Å²) in [7, 11) is 0. The van der Waals surface area contributed by atoms with Gasteiger partial charge >= 0.3 is 0 Å². The Morgan fingerprint density at radius 2 is 1.05 bits per heavy atom. The van der Waals surface area contributed by atoms with Gasteiger partial charge in [0.05, 0.1) is 0 Å². The zero-order chi connectivity index (χ0) is 38.2. The van der Waals surface area contributed by atoms with Gasteiger partial charge in [-0.3, -0.25) is 0 Å². The number of nitrogens with one attached hydrogen (secondary N) is 1. The predicted octanol–water partition coefficient (Wildman–Crippen LogP) is 13.6. The van der Waals surface area contributed by atoms with Gasteiger partial charge in [-0.1, -0.05) is 140 Å². The first-order valence-corrected chi connectivity index (χ1v) is 19.6. The topological polar surface area (TPSA) is 63.0 Å². The molecule has 0 saturated heterocycles. The summed E-state index contributed by atoms with van der Waals surface area (Å²) in [5.41, 5.74) is 10.7. The zero-order valence-electron chi connectivity index (χ0n) is 31.2. The van der Waals surface area contributed by atoms with Crippen molar-refractivity contribution in [2.75, 3.05) is 0 Å². The first-order valence-electron chi connectivity index (χ1n) is 19.6. The smallest absolute Gasteiger partial charge is 0.159 e. The first-order chi connectivity index (χ1) is 28.7. The summed E-state index contributed by atoms with van der Waals surface area (Å²) in [6.07, 6.45) is -0.449. The van der Waals surface area contributed by atoms with Gasteiger partial charge in [-0.05, 0) is 97.9 Å².